The maximum Gasteiger partial charge on any atom is 0.140 e. The molecule has 98 valence electrons. The Labute approximate surface area is 109 Å². The molecule has 1 aliphatic rings. The minimum Gasteiger partial charge on any atom is -0.390 e. The number of aromatic nitrogens is 2. The normalized spacial score (nSPS) is 14.9. The van der Waals surface area contributed by atoms with Crippen molar-refractivity contribution in [2.24, 2.45) is 0 Å². The molecule has 0 fully saturated rings. The van der Waals surface area contributed by atoms with Gasteiger partial charge in [0.15, 0.2) is 0 Å². The summed E-state index contributed by atoms with van der Waals surface area (Å²) in [5, 5.41) is 9.51. The number of aliphatic hydroxyl groups excluding tert-OH is 1. The van der Waals surface area contributed by atoms with E-state index in [4.69, 9.17) is 0 Å². The molecule has 1 aromatic rings. The first-order valence-corrected chi connectivity index (χ1v) is 6.81. The number of hydrogen-bond acceptors (Lipinski definition) is 2. The van der Waals surface area contributed by atoms with Crippen LogP contribution < -0.4 is 0 Å². The Hall–Kier alpha value is -1.35. The number of hydrogen-bond donors (Lipinski definition) is 1. The maximum atomic E-state index is 9.51. The van der Waals surface area contributed by atoms with E-state index in [2.05, 4.69) is 34.7 Å². The molecule has 0 unspecified atom stereocenters. The summed E-state index contributed by atoms with van der Waals surface area (Å²) in [6.45, 7) is 5.17. The smallest absolute Gasteiger partial charge is 0.140 e. The summed E-state index contributed by atoms with van der Waals surface area (Å²) >= 11 is 0. The molecule has 18 heavy (non-hydrogen) atoms. The Balaban J connectivity index is 2.39. The third-order valence-corrected chi connectivity index (χ3v) is 3.41. The average molecular weight is 246 g/mol. The van der Waals surface area contributed by atoms with Crippen LogP contribution in [0.4, 0.5) is 0 Å². The Kier molecular flexibility index (Phi) is 4.37. The average Bonchev–Trinajstić information content (AvgIpc) is 2.73. The van der Waals surface area contributed by atoms with Crippen molar-refractivity contribution in [3.8, 4) is 0 Å². The van der Waals surface area contributed by atoms with E-state index in [1.165, 1.54) is 5.57 Å². The molecule has 0 aliphatic heterocycles. The van der Waals surface area contributed by atoms with Gasteiger partial charge in [0, 0.05) is 12.1 Å². The zero-order valence-electron chi connectivity index (χ0n) is 11.3. The zero-order valence-corrected chi connectivity index (χ0v) is 11.3. The van der Waals surface area contributed by atoms with E-state index < -0.39 is 0 Å². The van der Waals surface area contributed by atoms with Crippen LogP contribution in [0.5, 0.6) is 0 Å². The maximum absolute atomic E-state index is 9.51. The van der Waals surface area contributed by atoms with Gasteiger partial charge in [-0.2, -0.15) is 0 Å². The number of imidazole rings is 1. The molecule has 0 spiro atoms. The lowest BCUT2D eigenvalue weighted by atomic mass is 10.1. The van der Waals surface area contributed by atoms with Crippen LogP contribution in [0, 0.1) is 6.92 Å². The van der Waals surface area contributed by atoms with Crippen LogP contribution >= 0.6 is 0 Å². The monoisotopic (exact) mass is 246 g/mol. The first kappa shape index (κ1) is 13.1. The Morgan fingerprint density at radius 3 is 2.83 bits per heavy atom. The molecule has 0 saturated heterocycles. The standard InChI is InChI=1S/C15H22N2O/c1-3-4-10-17-14(11-18)12(2)16-15(17)13-8-6-5-7-9-13/h6,8-9,18H,3-5,7,10-11H2,1-2H3. The van der Waals surface area contributed by atoms with Crippen LogP contribution in [0.15, 0.2) is 18.2 Å². The molecule has 0 saturated carbocycles. The molecule has 0 bridgehead atoms. The molecule has 3 heteroatoms. The van der Waals surface area contributed by atoms with Crippen molar-refractivity contribution in [2.75, 3.05) is 0 Å². The SMILES string of the molecule is CCCCn1c(C2=CCCC=C2)nc(C)c1CO. The fourth-order valence-corrected chi connectivity index (χ4v) is 2.36. The number of allylic oxidation sites excluding steroid dienone is 4. The summed E-state index contributed by atoms with van der Waals surface area (Å²) in [5.74, 6) is 1.01. The van der Waals surface area contributed by atoms with E-state index >= 15 is 0 Å². The van der Waals surface area contributed by atoms with Crippen LogP contribution in [-0.2, 0) is 13.2 Å². The third-order valence-electron chi connectivity index (χ3n) is 3.41. The van der Waals surface area contributed by atoms with Gasteiger partial charge in [0.1, 0.15) is 5.82 Å². The van der Waals surface area contributed by atoms with Gasteiger partial charge in [0.25, 0.3) is 0 Å². The largest absolute Gasteiger partial charge is 0.390 e. The van der Waals surface area contributed by atoms with Gasteiger partial charge < -0.3 is 9.67 Å². The highest BCUT2D eigenvalue weighted by Crippen LogP contribution is 2.24. The third kappa shape index (κ3) is 2.56. The van der Waals surface area contributed by atoms with Crippen molar-refractivity contribution in [3.63, 3.8) is 0 Å². The number of rotatable bonds is 5. The first-order chi connectivity index (χ1) is 8.77. The molecule has 0 amide bonds. The van der Waals surface area contributed by atoms with E-state index in [1.807, 2.05) is 6.92 Å². The van der Waals surface area contributed by atoms with Crippen molar-refractivity contribution in [1.82, 2.24) is 9.55 Å². The predicted octanol–water partition coefficient (Wildman–Crippen LogP) is 3.22. The topological polar surface area (TPSA) is 38.0 Å². The second-order valence-electron chi connectivity index (χ2n) is 4.77. The van der Waals surface area contributed by atoms with E-state index in [9.17, 15) is 5.11 Å². The Bertz CT molecular complexity index is 469. The molecule has 1 heterocycles. The summed E-state index contributed by atoms with van der Waals surface area (Å²) in [5.41, 5.74) is 3.10. The predicted molar refractivity (Wildman–Crippen MR) is 74.1 cm³/mol. The second-order valence-corrected chi connectivity index (χ2v) is 4.77. The molecule has 1 aliphatic carbocycles. The lowest BCUT2D eigenvalue weighted by Crippen LogP contribution is -2.08. The van der Waals surface area contributed by atoms with Gasteiger partial charge in [-0.1, -0.05) is 31.6 Å². The molecular formula is C15H22N2O. The molecule has 0 atom stereocenters. The molecular weight excluding hydrogens is 224 g/mol. The highest BCUT2D eigenvalue weighted by molar-refractivity contribution is 5.71. The van der Waals surface area contributed by atoms with Crippen LogP contribution in [0.25, 0.3) is 5.57 Å². The molecule has 3 nitrogen and oxygen atoms in total. The van der Waals surface area contributed by atoms with E-state index in [1.54, 1.807) is 0 Å². The molecule has 1 aromatic heterocycles. The minimum absolute atomic E-state index is 0.0690. The van der Waals surface area contributed by atoms with Gasteiger partial charge in [-0.05, 0) is 26.2 Å². The minimum atomic E-state index is 0.0690. The van der Waals surface area contributed by atoms with Crippen molar-refractivity contribution in [3.05, 3.63) is 35.4 Å². The summed E-state index contributed by atoms with van der Waals surface area (Å²) in [4.78, 5) is 4.64. The highest BCUT2D eigenvalue weighted by atomic mass is 16.3. The van der Waals surface area contributed by atoms with Gasteiger partial charge in [0.05, 0.1) is 18.0 Å². The highest BCUT2D eigenvalue weighted by Gasteiger charge is 2.15. The van der Waals surface area contributed by atoms with Gasteiger partial charge in [-0.15, -0.1) is 0 Å². The van der Waals surface area contributed by atoms with Crippen molar-refractivity contribution < 1.29 is 5.11 Å². The summed E-state index contributed by atoms with van der Waals surface area (Å²) in [7, 11) is 0. The summed E-state index contributed by atoms with van der Waals surface area (Å²) < 4.78 is 2.18. The van der Waals surface area contributed by atoms with Crippen molar-refractivity contribution >= 4 is 5.57 Å². The van der Waals surface area contributed by atoms with Crippen LogP contribution in [0.3, 0.4) is 0 Å². The van der Waals surface area contributed by atoms with Crippen molar-refractivity contribution in [2.45, 2.75) is 52.7 Å². The van der Waals surface area contributed by atoms with Gasteiger partial charge >= 0.3 is 0 Å². The quantitative estimate of drug-likeness (QED) is 0.866. The molecule has 2 rings (SSSR count). The van der Waals surface area contributed by atoms with Crippen molar-refractivity contribution in [1.29, 1.82) is 0 Å². The number of aliphatic hydroxyl groups is 1. The lowest BCUT2D eigenvalue weighted by molar-refractivity contribution is 0.269. The second kappa shape index (κ2) is 6.01. The number of unbranched alkanes of at least 4 members (excludes halogenated alkanes) is 1. The number of aryl methyl sites for hydroxylation is 1. The fourth-order valence-electron chi connectivity index (χ4n) is 2.36. The molecule has 0 radical (unpaired) electrons. The van der Waals surface area contributed by atoms with E-state index in [0.717, 1.165) is 49.4 Å². The van der Waals surface area contributed by atoms with Crippen LogP contribution in [0.2, 0.25) is 0 Å². The Morgan fingerprint density at radius 2 is 2.22 bits per heavy atom. The zero-order chi connectivity index (χ0) is 13.0. The van der Waals surface area contributed by atoms with Crippen LogP contribution in [-0.4, -0.2) is 14.7 Å². The molecule has 1 N–H and O–H groups in total. The fraction of sp³-hybridized carbons (Fsp3) is 0.533. The first-order valence-electron chi connectivity index (χ1n) is 6.81. The summed E-state index contributed by atoms with van der Waals surface area (Å²) in [6, 6.07) is 0. The van der Waals surface area contributed by atoms with Gasteiger partial charge in [-0.25, -0.2) is 4.98 Å². The number of nitrogens with zero attached hydrogens (tertiary/aromatic N) is 2. The van der Waals surface area contributed by atoms with E-state index in [0.29, 0.717) is 0 Å². The Morgan fingerprint density at radius 1 is 1.39 bits per heavy atom. The lowest BCUT2D eigenvalue weighted by Gasteiger charge is -2.12. The molecule has 0 aromatic carbocycles. The van der Waals surface area contributed by atoms with Crippen LogP contribution in [0.1, 0.15) is 49.8 Å². The van der Waals surface area contributed by atoms with Gasteiger partial charge in [-0.3, -0.25) is 0 Å². The summed E-state index contributed by atoms with van der Waals surface area (Å²) in [6.07, 6.45) is 11.1. The van der Waals surface area contributed by atoms with Gasteiger partial charge in [0.2, 0.25) is 0 Å². The van der Waals surface area contributed by atoms with E-state index in [-0.39, 0.29) is 6.61 Å².